The Morgan fingerprint density at radius 2 is 1.75 bits per heavy atom. The van der Waals surface area contributed by atoms with E-state index in [-0.39, 0.29) is 18.7 Å². The van der Waals surface area contributed by atoms with Gasteiger partial charge >= 0.3 is 6.18 Å². The van der Waals surface area contributed by atoms with Crippen LogP contribution in [0.15, 0.2) is 48.8 Å². The van der Waals surface area contributed by atoms with Crippen LogP contribution in [0.1, 0.15) is 32.1 Å². The molecule has 2 aromatic heterocycles. The molecule has 4 aliphatic rings. The normalized spacial score (nSPS) is 23.5. The lowest BCUT2D eigenvalue weighted by Crippen LogP contribution is -2.49. The number of fused-ring (bicyclic) bond motifs is 3. The monoisotopic (exact) mass is 609 g/mol. The van der Waals surface area contributed by atoms with Gasteiger partial charge in [0.25, 0.3) is 0 Å². The number of nitrogens with zero attached hydrogens (tertiary/aromatic N) is 5. The Balaban J connectivity index is 1.02. The Hall–Kier alpha value is -3.64. The molecule has 2 N–H and O–H groups in total. The van der Waals surface area contributed by atoms with Gasteiger partial charge in [-0.15, -0.1) is 0 Å². The Morgan fingerprint density at radius 3 is 2.39 bits per heavy atom. The number of H-pyrrole nitrogens is 1. The summed E-state index contributed by atoms with van der Waals surface area (Å²) in [6, 6.07) is 7.94. The molecule has 1 aromatic carbocycles. The number of ether oxygens (including phenoxy) is 1. The lowest BCUT2D eigenvalue weighted by molar-refractivity contribution is -0.157. The van der Waals surface area contributed by atoms with E-state index in [4.69, 9.17) is 4.74 Å². The van der Waals surface area contributed by atoms with E-state index in [1.807, 2.05) is 18.2 Å². The summed E-state index contributed by atoms with van der Waals surface area (Å²) in [6.07, 6.45) is 0.974. The van der Waals surface area contributed by atoms with Crippen LogP contribution in [0.25, 0.3) is 22.3 Å². The molecule has 0 spiro atoms. The maximum Gasteiger partial charge on any atom is 0.408 e. The number of hydrogen-bond donors (Lipinski definition) is 2. The number of halogens is 3. The number of carbonyl (C=O) groups excluding carboxylic acids is 1. The third-order valence-corrected chi connectivity index (χ3v) is 9.72. The van der Waals surface area contributed by atoms with Crippen LogP contribution in [0.2, 0.25) is 0 Å². The summed E-state index contributed by atoms with van der Waals surface area (Å²) < 4.78 is 48.6. The van der Waals surface area contributed by atoms with Gasteiger partial charge in [-0.25, -0.2) is 9.97 Å². The molecule has 0 aliphatic carbocycles. The zero-order valence-electron chi connectivity index (χ0n) is 24.7. The fraction of sp³-hybridized carbons (Fsp3) is 0.531. The van der Waals surface area contributed by atoms with Crippen molar-refractivity contribution in [2.24, 2.45) is 5.92 Å². The van der Waals surface area contributed by atoms with Gasteiger partial charge in [-0.05, 0) is 74.9 Å². The minimum atomic E-state index is -4.43. The molecular weight excluding hydrogens is 571 g/mol. The van der Waals surface area contributed by atoms with Crippen LogP contribution in [0.4, 0.5) is 24.7 Å². The van der Waals surface area contributed by atoms with Gasteiger partial charge in [-0.3, -0.25) is 9.69 Å². The molecular formula is C32H38F3N7O2. The Kier molecular flexibility index (Phi) is 7.74. The third kappa shape index (κ3) is 5.65. The van der Waals surface area contributed by atoms with Crippen molar-refractivity contribution in [3.8, 4) is 11.3 Å². The van der Waals surface area contributed by atoms with Crippen molar-refractivity contribution in [2.45, 2.75) is 56.4 Å². The zero-order valence-corrected chi connectivity index (χ0v) is 24.7. The largest absolute Gasteiger partial charge is 0.408 e. The number of benzene rings is 1. The summed E-state index contributed by atoms with van der Waals surface area (Å²) in [5, 5.41) is 3.69. The van der Waals surface area contributed by atoms with Crippen LogP contribution in [0.5, 0.6) is 0 Å². The molecule has 44 heavy (non-hydrogen) atoms. The number of alkyl halides is 3. The molecule has 1 amide bonds. The first-order valence-electron chi connectivity index (χ1n) is 15.6. The maximum absolute atomic E-state index is 14.3. The summed E-state index contributed by atoms with van der Waals surface area (Å²) in [7, 11) is 0. The molecule has 0 radical (unpaired) electrons. The van der Waals surface area contributed by atoms with Crippen molar-refractivity contribution < 1.29 is 22.7 Å². The van der Waals surface area contributed by atoms with Crippen molar-refractivity contribution in [1.82, 2.24) is 24.8 Å². The van der Waals surface area contributed by atoms with Crippen LogP contribution in [0, 0.1) is 5.92 Å². The molecule has 3 aromatic rings. The standard InChI is InChI=1S/C32H38F3N7O2/c1-20(16-40-11-2-12-40)31(43)41-13-9-22(10-14-41)28(32(33,34)35)38-23-5-3-21(4-6-23)27-15-26-29(39-27)36-19-37-30(26)42-24-7-8-25(42)18-44-17-24/h3-6,15,19,22,24-25,28,38H,1-2,7-14,16-18H2,(H,36,37,39). The smallest absolute Gasteiger partial charge is 0.377 e. The number of morpholine rings is 1. The number of anilines is 2. The predicted molar refractivity (Wildman–Crippen MR) is 162 cm³/mol. The first kappa shape index (κ1) is 29.1. The van der Waals surface area contributed by atoms with Gasteiger partial charge in [0.2, 0.25) is 5.91 Å². The Bertz CT molecular complexity index is 1500. The number of hydrogen-bond acceptors (Lipinski definition) is 7. The molecule has 9 nitrogen and oxygen atoms in total. The van der Waals surface area contributed by atoms with Crippen molar-refractivity contribution in [1.29, 1.82) is 0 Å². The summed E-state index contributed by atoms with van der Waals surface area (Å²) in [4.78, 5) is 31.4. The molecule has 4 fully saturated rings. The Labute approximate surface area is 254 Å². The van der Waals surface area contributed by atoms with Gasteiger partial charge in [0.15, 0.2) is 0 Å². The molecule has 3 unspecified atom stereocenters. The number of nitrogens with one attached hydrogen (secondary N) is 2. The van der Waals surface area contributed by atoms with Gasteiger partial charge in [0.1, 0.15) is 23.8 Å². The first-order valence-corrected chi connectivity index (χ1v) is 15.6. The van der Waals surface area contributed by atoms with Gasteiger partial charge < -0.3 is 24.8 Å². The van der Waals surface area contributed by atoms with Crippen molar-refractivity contribution in [2.75, 3.05) is 56.2 Å². The minimum Gasteiger partial charge on any atom is -0.377 e. The third-order valence-electron chi connectivity index (χ3n) is 9.72. The highest BCUT2D eigenvalue weighted by molar-refractivity contribution is 5.93. The van der Waals surface area contributed by atoms with E-state index in [0.717, 1.165) is 60.5 Å². The van der Waals surface area contributed by atoms with Gasteiger partial charge in [-0.1, -0.05) is 18.7 Å². The second-order valence-electron chi connectivity index (χ2n) is 12.6. The number of carbonyl (C=O) groups is 1. The van der Waals surface area contributed by atoms with Crippen LogP contribution < -0.4 is 10.2 Å². The van der Waals surface area contributed by atoms with Crippen LogP contribution >= 0.6 is 0 Å². The van der Waals surface area contributed by atoms with Crippen LogP contribution in [-0.4, -0.2) is 101 Å². The lowest BCUT2D eigenvalue weighted by atomic mass is 9.88. The fourth-order valence-corrected chi connectivity index (χ4v) is 7.19. The van der Waals surface area contributed by atoms with E-state index in [9.17, 15) is 18.0 Å². The van der Waals surface area contributed by atoms with E-state index in [0.29, 0.717) is 56.2 Å². The Morgan fingerprint density at radius 1 is 1.05 bits per heavy atom. The summed E-state index contributed by atoms with van der Waals surface area (Å²) in [6.45, 7) is 8.37. The molecule has 6 heterocycles. The molecule has 4 saturated heterocycles. The number of aromatic amines is 1. The zero-order chi connectivity index (χ0) is 30.4. The summed E-state index contributed by atoms with van der Waals surface area (Å²) in [5.41, 5.74) is 3.32. The van der Waals surface area contributed by atoms with Crippen molar-refractivity contribution in [3.05, 3.63) is 48.8 Å². The molecule has 3 atom stereocenters. The highest BCUT2D eigenvalue weighted by Crippen LogP contribution is 2.38. The topological polar surface area (TPSA) is 89.6 Å². The van der Waals surface area contributed by atoms with E-state index in [1.54, 1.807) is 23.4 Å². The molecule has 2 bridgehead atoms. The maximum atomic E-state index is 14.3. The van der Waals surface area contributed by atoms with E-state index in [2.05, 4.69) is 36.6 Å². The number of piperidine rings is 1. The minimum absolute atomic E-state index is 0.144. The molecule has 0 saturated carbocycles. The number of aromatic nitrogens is 3. The second kappa shape index (κ2) is 11.7. The van der Waals surface area contributed by atoms with Crippen molar-refractivity contribution in [3.63, 3.8) is 0 Å². The average molecular weight is 610 g/mol. The van der Waals surface area contributed by atoms with Gasteiger partial charge in [-0.2, -0.15) is 13.2 Å². The molecule has 4 aliphatic heterocycles. The second-order valence-corrected chi connectivity index (χ2v) is 12.6. The first-order chi connectivity index (χ1) is 21.2. The number of amides is 1. The predicted octanol–water partition coefficient (Wildman–Crippen LogP) is 4.84. The van der Waals surface area contributed by atoms with E-state index >= 15 is 0 Å². The molecule has 7 rings (SSSR count). The van der Waals surface area contributed by atoms with E-state index < -0.39 is 18.1 Å². The molecule has 234 valence electrons. The highest BCUT2D eigenvalue weighted by Gasteiger charge is 2.46. The summed E-state index contributed by atoms with van der Waals surface area (Å²) in [5.74, 6) is 0.117. The number of likely N-dealkylation sites (tertiary alicyclic amines) is 2. The fourth-order valence-electron chi connectivity index (χ4n) is 7.19. The highest BCUT2D eigenvalue weighted by atomic mass is 19.4. The van der Waals surface area contributed by atoms with Gasteiger partial charge in [0.05, 0.1) is 30.7 Å². The lowest BCUT2D eigenvalue weighted by Gasteiger charge is -2.38. The molecule has 12 heteroatoms. The van der Waals surface area contributed by atoms with Gasteiger partial charge in [0, 0.05) is 36.6 Å². The van der Waals surface area contributed by atoms with Crippen molar-refractivity contribution >= 4 is 28.4 Å². The number of rotatable bonds is 8. The average Bonchev–Trinajstić information content (AvgIpc) is 3.54. The van der Waals surface area contributed by atoms with E-state index in [1.165, 1.54) is 0 Å². The summed E-state index contributed by atoms with van der Waals surface area (Å²) >= 11 is 0. The van der Waals surface area contributed by atoms with Crippen LogP contribution in [0.3, 0.4) is 0 Å². The SMILES string of the molecule is C=C(CN1CCC1)C(=O)N1CCC(C(Nc2ccc(-c3cc4c(N5C6CCC5COC6)ncnc4[nH]3)cc2)C(F)(F)F)CC1. The van der Waals surface area contributed by atoms with Crippen LogP contribution in [-0.2, 0) is 9.53 Å². The quantitative estimate of drug-likeness (QED) is 0.354.